The van der Waals surface area contributed by atoms with Crippen molar-refractivity contribution in [3.05, 3.63) is 71.0 Å². The fourth-order valence-electron chi connectivity index (χ4n) is 4.30. The second kappa shape index (κ2) is 8.24. The summed E-state index contributed by atoms with van der Waals surface area (Å²) >= 11 is 5.99. The van der Waals surface area contributed by atoms with Crippen LogP contribution in [-0.4, -0.2) is 62.9 Å². The fourth-order valence-corrected chi connectivity index (χ4v) is 4.56. The number of likely N-dealkylation sites (N-methyl/N-ethyl adjacent to an activating group) is 2. The van der Waals surface area contributed by atoms with Gasteiger partial charge in [-0.15, -0.1) is 0 Å². The van der Waals surface area contributed by atoms with Crippen LogP contribution in [-0.2, 0) is 0 Å². The van der Waals surface area contributed by atoms with Gasteiger partial charge in [-0.25, -0.2) is 9.82 Å². The molecular weight excluding hydrogens is 447 g/mol. The first kappa shape index (κ1) is 22.9. The molecule has 0 bridgehead atoms. The van der Waals surface area contributed by atoms with Gasteiger partial charge >= 0.3 is 0 Å². The van der Waals surface area contributed by atoms with E-state index in [0.717, 1.165) is 6.08 Å². The van der Waals surface area contributed by atoms with Crippen LogP contribution in [0.2, 0.25) is 0 Å². The molecule has 2 N–H and O–H groups in total. The Morgan fingerprint density at radius 3 is 2.70 bits per heavy atom. The van der Waals surface area contributed by atoms with E-state index in [0.29, 0.717) is 47.0 Å². The maximum absolute atomic E-state index is 13.7. The van der Waals surface area contributed by atoms with Crippen molar-refractivity contribution in [2.75, 3.05) is 26.7 Å². The van der Waals surface area contributed by atoms with Gasteiger partial charge in [0.2, 0.25) is 0 Å². The maximum Gasteiger partial charge on any atom is 0.274 e. The van der Waals surface area contributed by atoms with Gasteiger partial charge in [-0.3, -0.25) is 9.80 Å². The lowest BCUT2D eigenvalue weighted by Gasteiger charge is -2.35. The molecule has 0 spiro atoms. The number of nitrogens with zero attached hydrogens (tertiary/aromatic N) is 5. The van der Waals surface area contributed by atoms with E-state index in [-0.39, 0.29) is 35.1 Å². The molecule has 0 fully saturated rings. The zero-order chi connectivity index (χ0) is 24.2. The summed E-state index contributed by atoms with van der Waals surface area (Å²) in [6.07, 6.45) is 2.21. The molecule has 1 unspecified atom stereocenters. The molecule has 3 aliphatic heterocycles. The number of hydrazone groups is 1. The van der Waals surface area contributed by atoms with Gasteiger partial charge in [0.1, 0.15) is 17.7 Å². The Bertz CT molecular complexity index is 1190. The molecule has 10 heteroatoms. The summed E-state index contributed by atoms with van der Waals surface area (Å²) in [6, 6.07) is 0. The van der Waals surface area contributed by atoms with E-state index in [2.05, 4.69) is 25.2 Å². The number of allylic oxidation sites excluding steroid dienone is 5. The number of carbonyl (C=O) groups is 1. The first-order valence-corrected chi connectivity index (χ1v) is 10.8. The molecule has 1 atom stereocenters. The molecule has 4 heterocycles. The van der Waals surface area contributed by atoms with E-state index in [9.17, 15) is 14.3 Å². The Kier molecular flexibility index (Phi) is 5.71. The quantitative estimate of drug-likeness (QED) is 0.639. The first-order valence-electron chi connectivity index (χ1n) is 10.5. The molecular formula is C23H26ClFN6O2. The van der Waals surface area contributed by atoms with Gasteiger partial charge < -0.3 is 19.6 Å². The van der Waals surface area contributed by atoms with Gasteiger partial charge in [-0.2, -0.15) is 5.10 Å². The summed E-state index contributed by atoms with van der Waals surface area (Å²) < 4.78 is 15.5. The van der Waals surface area contributed by atoms with E-state index < -0.39 is 5.83 Å². The number of amides is 1. The Hall–Kier alpha value is -3.30. The third-order valence-electron chi connectivity index (χ3n) is 6.00. The molecule has 1 amide bonds. The van der Waals surface area contributed by atoms with Crippen LogP contribution in [0.5, 0.6) is 5.75 Å². The highest BCUT2D eigenvalue weighted by Crippen LogP contribution is 2.45. The molecule has 33 heavy (non-hydrogen) atoms. The van der Waals surface area contributed by atoms with E-state index in [1.54, 1.807) is 26.4 Å². The molecule has 174 valence electrons. The topological polar surface area (TPSA) is 76.3 Å². The summed E-state index contributed by atoms with van der Waals surface area (Å²) in [5.74, 6) is -1.03. The van der Waals surface area contributed by atoms with Crippen LogP contribution < -0.4 is 5.43 Å². The van der Waals surface area contributed by atoms with Gasteiger partial charge in [0.05, 0.1) is 40.8 Å². The second-order valence-electron chi connectivity index (χ2n) is 8.13. The van der Waals surface area contributed by atoms with Crippen molar-refractivity contribution < 1.29 is 14.3 Å². The van der Waals surface area contributed by atoms with Gasteiger partial charge in [-0.1, -0.05) is 36.9 Å². The number of halogens is 2. The number of hydrazine groups is 1. The van der Waals surface area contributed by atoms with Crippen molar-refractivity contribution >= 4 is 28.9 Å². The summed E-state index contributed by atoms with van der Waals surface area (Å²) in [6.45, 7) is 16.5. The van der Waals surface area contributed by atoms with Gasteiger partial charge in [0.25, 0.3) is 5.91 Å². The molecule has 0 aliphatic carbocycles. The SMILES string of the molecule is C=C/C(F)=C(Cl)\C=C(/C)CN1N=C2C(=C)N(C)NC3CN(CC)C(=O)c4c(O)c(c2n43)C1=C. The van der Waals surface area contributed by atoms with Crippen LogP contribution in [0.1, 0.15) is 41.8 Å². The lowest BCUT2D eigenvalue weighted by molar-refractivity contribution is 0.0606. The van der Waals surface area contributed by atoms with Crippen molar-refractivity contribution in [2.24, 2.45) is 5.10 Å². The van der Waals surface area contributed by atoms with Gasteiger partial charge in [-0.05, 0) is 26.0 Å². The minimum atomic E-state index is -0.630. The average Bonchev–Trinajstić information content (AvgIpc) is 3.05. The number of hydrogen-bond acceptors (Lipinski definition) is 6. The lowest BCUT2D eigenvalue weighted by Crippen LogP contribution is -2.50. The number of aromatic nitrogens is 1. The highest BCUT2D eigenvalue weighted by Gasteiger charge is 2.44. The molecule has 0 radical (unpaired) electrons. The number of aromatic hydroxyl groups is 1. The molecule has 0 saturated carbocycles. The molecule has 3 aliphatic rings. The van der Waals surface area contributed by atoms with E-state index >= 15 is 0 Å². The highest BCUT2D eigenvalue weighted by molar-refractivity contribution is 6.31. The Morgan fingerprint density at radius 2 is 2.06 bits per heavy atom. The smallest absolute Gasteiger partial charge is 0.274 e. The predicted octanol–water partition coefficient (Wildman–Crippen LogP) is 3.67. The molecule has 0 aromatic carbocycles. The van der Waals surface area contributed by atoms with Gasteiger partial charge in [0, 0.05) is 13.6 Å². The zero-order valence-electron chi connectivity index (χ0n) is 18.8. The van der Waals surface area contributed by atoms with Gasteiger partial charge in [0.15, 0.2) is 11.4 Å². The van der Waals surface area contributed by atoms with Crippen LogP contribution in [0.3, 0.4) is 0 Å². The van der Waals surface area contributed by atoms with Crippen molar-refractivity contribution in [1.29, 1.82) is 0 Å². The van der Waals surface area contributed by atoms with E-state index in [1.165, 1.54) is 6.08 Å². The third kappa shape index (κ3) is 3.48. The van der Waals surface area contributed by atoms with E-state index in [4.69, 9.17) is 16.7 Å². The van der Waals surface area contributed by atoms with Crippen LogP contribution in [0, 0.1) is 0 Å². The van der Waals surface area contributed by atoms with Crippen molar-refractivity contribution in [3.63, 3.8) is 0 Å². The van der Waals surface area contributed by atoms with Crippen LogP contribution >= 0.6 is 11.6 Å². The molecule has 4 rings (SSSR count). The third-order valence-corrected chi connectivity index (χ3v) is 6.29. The zero-order valence-corrected chi connectivity index (χ0v) is 19.6. The standard InChI is InChI=1S/C23H26ClFN6O2/c1-7-16(25)15(24)9-12(3)10-30-13(4)18-20-19(27-30)14(5)28(6)26-17-11-29(8-2)23(33)21(22(18)32)31(17)20/h7,9,17,26,32H,1,4-5,8,10-11H2,2-3,6H3/b12-9+,16-15-. The summed E-state index contributed by atoms with van der Waals surface area (Å²) in [7, 11) is 1.82. The van der Waals surface area contributed by atoms with E-state index in [1.807, 2.05) is 14.0 Å². The Morgan fingerprint density at radius 1 is 1.36 bits per heavy atom. The van der Waals surface area contributed by atoms with Crippen LogP contribution in [0.4, 0.5) is 4.39 Å². The highest BCUT2D eigenvalue weighted by atomic mass is 35.5. The minimum Gasteiger partial charge on any atom is -0.505 e. The number of nitrogens with one attached hydrogen (secondary N) is 1. The molecule has 1 aromatic heterocycles. The molecule has 1 aromatic rings. The average molecular weight is 473 g/mol. The normalized spacial score (nSPS) is 21.1. The fraction of sp³-hybridized carbons (Fsp3) is 0.304. The predicted molar refractivity (Wildman–Crippen MR) is 127 cm³/mol. The monoisotopic (exact) mass is 472 g/mol. The van der Waals surface area contributed by atoms with Crippen LogP contribution in [0.15, 0.2) is 59.1 Å². The van der Waals surface area contributed by atoms with Crippen molar-refractivity contribution in [2.45, 2.75) is 20.0 Å². The number of rotatable bonds is 5. The Balaban J connectivity index is 1.86. The second-order valence-corrected chi connectivity index (χ2v) is 8.54. The number of carbonyl (C=O) groups excluding carboxylic acids is 1. The maximum atomic E-state index is 13.7. The number of hydrogen-bond donors (Lipinski definition) is 2. The summed E-state index contributed by atoms with van der Waals surface area (Å²) in [4.78, 5) is 14.8. The van der Waals surface area contributed by atoms with Crippen LogP contribution in [0.25, 0.3) is 5.70 Å². The van der Waals surface area contributed by atoms with Crippen molar-refractivity contribution in [3.8, 4) is 5.75 Å². The van der Waals surface area contributed by atoms with Crippen molar-refractivity contribution in [1.82, 2.24) is 24.9 Å². The summed E-state index contributed by atoms with van der Waals surface area (Å²) in [5.41, 5.74) is 6.73. The minimum absolute atomic E-state index is 0.0726. The lowest BCUT2D eigenvalue weighted by atomic mass is 10.0. The molecule has 8 nitrogen and oxygen atoms in total. The summed E-state index contributed by atoms with van der Waals surface area (Å²) in [5, 5.41) is 19.2. The first-order chi connectivity index (χ1) is 15.6. The largest absolute Gasteiger partial charge is 0.505 e. The Labute approximate surface area is 196 Å². The molecule has 0 saturated heterocycles.